The number of nitrogens with one attached hydrogen (secondary N) is 1. The van der Waals surface area contributed by atoms with Crippen molar-refractivity contribution in [3.05, 3.63) is 16.7 Å². The Labute approximate surface area is 171 Å². The van der Waals surface area contributed by atoms with Crippen LogP contribution < -0.4 is 16.2 Å². The van der Waals surface area contributed by atoms with Gasteiger partial charge in [0, 0.05) is 26.7 Å². The van der Waals surface area contributed by atoms with Gasteiger partial charge in [-0.2, -0.15) is 0 Å². The lowest BCUT2D eigenvalue weighted by atomic mass is 10.4. The van der Waals surface area contributed by atoms with E-state index in [-0.39, 0.29) is 44.2 Å². The zero-order chi connectivity index (χ0) is 21.9. The van der Waals surface area contributed by atoms with Crippen LogP contribution in [0.5, 0.6) is 0 Å². The number of hydrogen-bond donors (Lipinski definition) is 2. The van der Waals surface area contributed by atoms with Gasteiger partial charge in [-0.1, -0.05) is 0 Å². The number of aromatic amines is 1. The van der Waals surface area contributed by atoms with E-state index in [1.807, 2.05) is 0 Å². The van der Waals surface area contributed by atoms with E-state index in [0.29, 0.717) is 25.5 Å². The van der Waals surface area contributed by atoms with Crippen LogP contribution in [0.4, 0.5) is 11.5 Å². The van der Waals surface area contributed by atoms with E-state index < -0.39 is 13.2 Å². The van der Waals surface area contributed by atoms with Gasteiger partial charge in [0.25, 0.3) is 5.56 Å². The second kappa shape index (κ2) is 12.6. The molecule has 0 aliphatic carbocycles. The maximum absolute atomic E-state index is 12.7. The molecule has 0 saturated heterocycles. The highest BCUT2D eigenvalue weighted by Crippen LogP contribution is 2.47. The van der Waals surface area contributed by atoms with E-state index in [4.69, 9.17) is 19.5 Å². The fourth-order valence-electron chi connectivity index (χ4n) is 2.59. The number of rotatable bonds is 14. The lowest BCUT2D eigenvalue weighted by Crippen LogP contribution is -2.39. The highest BCUT2D eigenvalue weighted by molar-refractivity contribution is 7.53. The third kappa shape index (κ3) is 8.53. The molecule has 0 spiro atoms. The number of H-pyrrole nitrogens is 1. The molecule has 11 nitrogen and oxygen atoms in total. The van der Waals surface area contributed by atoms with Crippen LogP contribution in [0.2, 0.25) is 0 Å². The van der Waals surface area contributed by atoms with Crippen molar-refractivity contribution >= 4 is 25.1 Å². The summed E-state index contributed by atoms with van der Waals surface area (Å²) in [5.74, 6) is -0.0364. The number of likely N-dealkylation sites (N-methyl/N-ethyl adjacent to an activating group) is 1. The fraction of sp³-hybridized carbons (Fsp3) is 0.706. The smallest absolute Gasteiger partial charge is 0.331 e. The van der Waals surface area contributed by atoms with Gasteiger partial charge in [0.15, 0.2) is 5.82 Å². The molecule has 0 aliphatic heterocycles. The Kier molecular flexibility index (Phi) is 10.9. The minimum Gasteiger partial charge on any atom is -0.465 e. The molecule has 0 atom stereocenters. The molecule has 0 aromatic carbocycles. The summed E-state index contributed by atoms with van der Waals surface area (Å²) in [5, 5.41) is 0. The first-order chi connectivity index (χ1) is 13.8. The van der Waals surface area contributed by atoms with Crippen LogP contribution in [0.15, 0.2) is 11.1 Å². The first kappa shape index (κ1) is 25.1. The standard InChI is InChI=1S/C17H32N5O6P/c1-5-26-14(23)12-22(10-11-29(25,27-6-2)28-7-3)9-8-21(4)16-15(18)17(24)20-13-19-16/h13H,5-12,18H2,1-4H3,(H,19,20,24). The lowest BCUT2D eigenvalue weighted by Gasteiger charge is -2.27. The molecule has 0 bridgehead atoms. The lowest BCUT2D eigenvalue weighted by molar-refractivity contribution is -0.144. The summed E-state index contributed by atoms with van der Waals surface area (Å²) in [4.78, 5) is 33.6. The molecule has 3 N–H and O–H groups in total. The minimum absolute atomic E-state index is 0.0177. The summed E-state index contributed by atoms with van der Waals surface area (Å²) in [6, 6.07) is 0. The quantitative estimate of drug-likeness (QED) is 0.321. The maximum Gasteiger partial charge on any atom is 0.331 e. The molecule has 0 fully saturated rings. The number of nitrogens with two attached hydrogens (primary N) is 1. The number of hydrogen-bond acceptors (Lipinski definition) is 10. The van der Waals surface area contributed by atoms with Crippen molar-refractivity contribution in [2.75, 3.05) is 69.8 Å². The van der Waals surface area contributed by atoms with E-state index in [9.17, 15) is 14.2 Å². The van der Waals surface area contributed by atoms with Crippen LogP contribution in [0.3, 0.4) is 0 Å². The number of carbonyl (C=O) groups excluding carboxylic acids is 1. The Balaban J connectivity index is 2.81. The summed E-state index contributed by atoms with van der Waals surface area (Å²) < 4.78 is 28.4. The van der Waals surface area contributed by atoms with Gasteiger partial charge in [-0.15, -0.1) is 0 Å². The van der Waals surface area contributed by atoms with Crippen LogP contribution in [-0.4, -0.2) is 80.0 Å². The summed E-state index contributed by atoms with van der Waals surface area (Å²) >= 11 is 0. The normalized spacial score (nSPS) is 11.6. The van der Waals surface area contributed by atoms with Crippen molar-refractivity contribution in [2.24, 2.45) is 0 Å². The number of esters is 1. The third-order valence-electron chi connectivity index (χ3n) is 3.98. The van der Waals surface area contributed by atoms with Crippen LogP contribution in [0.1, 0.15) is 20.8 Å². The summed E-state index contributed by atoms with van der Waals surface area (Å²) in [6.45, 7) is 7.21. The summed E-state index contributed by atoms with van der Waals surface area (Å²) in [7, 11) is -1.49. The third-order valence-corrected chi connectivity index (χ3v) is 6.03. The van der Waals surface area contributed by atoms with Gasteiger partial charge in [0.05, 0.1) is 38.9 Å². The zero-order valence-corrected chi connectivity index (χ0v) is 18.4. The molecule has 1 aromatic rings. The van der Waals surface area contributed by atoms with Crippen LogP contribution in [0, 0.1) is 0 Å². The Morgan fingerprint density at radius 3 is 2.41 bits per heavy atom. The first-order valence-electron chi connectivity index (χ1n) is 9.56. The largest absolute Gasteiger partial charge is 0.465 e. The van der Waals surface area contributed by atoms with Crippen molar-refractivity contribution in [1.29, 1.82) is 0 Å². The van der Waals surface area contributed by atoms with Gasteiger partial charge in [0.1, 0.15) is 5.69 Å². The van der Waals surface area contributed by atoms with Gasteiger partial charge >= 0.3 is 13.6 Å². The molecule has 0 radical (unpaired) electrons. The van der Waals surface area contributed by atoms with E-state index in [1.54, 1.807) is 37.6 Å². The SMILES string of the molecule is CCOC(=O)CN(CCN(C)c1nc[nH]c(=O)c1N)CCP(=O)(OCC)OCC. The second-order valence-corrected chi connectivity index (χ2v) is 8.33. The maximum atomic E-state index is 12.7. The number of nitrogen functional groups attached to an aromatic ring is 1. The topological polar surface area (TPSA) is 140 Å². The van der Waals surface area contributed by atoms with Crippen molar-refractivity contribution in [2.45, 2.75) is 20.8 Å². The average molecular weight is 433 g/mol. The Morgan fingerprint density at radius 2 is 1.83 bits per heavy atom. The van der Waals surface area contributed by atoms with Gasteiger partial charge in [-0.25, -0.2) is 4.98 Å². The summed E-state index contributed by atoms with van der Waals surface area (Å²) in [5.41, 5.74) is 5.39. The minimum atomic E-state index is -3.24. The van der Waals surface area contributed by atoms with Crippen molar-refractivity contribution < 1.29 is 23.1 Å². The first-order valence-corrected chi connectivity index (χ1v) is 11.3. The molecule has 0 amide bonds. The van der Waals surface area contributed by atoms with Crippen LogP contribution in [0.25, 0.3) is 0 Å². The number of carbonyl (C=O) groups is 1. The predicted octanol–water partition coefficient (Wildman–Crippen LogP) is 0.920. The number of anilines is 2. The molecule has 1 heterocycles. The molecule has 29 heavy (non-hydrogen) atoms. The second-order valence-electron chi connectivity index (χ2n) is 6.14. The molecule has 1 rings (SSSR count). The van der Waals surface area contributed by atoms with Crippen molar-refractivity contribution in [3.63, 3.8) is 0 Å². The van der Waals surface area contributed by atoms with E-state index in [2.05, 4.69) is 9.97 Å². The van der Waals surface area contributed by atoms with E-state index in [0.717, 1.165) is 0 Å². The zero-order valence-electron chi connectivity index (χ0n) is 17.5. The molecule has 1 aromatic heterocycles. The van der Waals surface area contributed by atoms with Crippen molar-refractivity contribution in [3.8, 4) is 0 Å². The monoisotopic (exact) mass is 433 g/mol. The van der Waals surface area contributed by atoms with Crippen LogP contribution in [-0.2, 0) is 23.1 Å². The Bertz CT molecular complexity index is 733. The number of ether oxygens (including phenoxy) is 1. The average Bonchev–Trinajstić information content (AvgIpc) is 2.66. The molecule has 166 valence electrons. The number of aromatic nitrogens is 2. The molecule has 0 unspecified atom stereocenters. The fourth-order valence-corrected chi connectivity index (χ4v) is 4.23. The van der Waals surface area contributed by atoms with Gasteiger partial charge in [-0.05, 0) is 20.8 Å². The predicted molar refractivity (Wildman–Crippen MR) is 111 cm³/mol. The van der Waals surface area contributed by atoms with Gasteiger partial charge in [0.2, 0.25) is 0 Å². The molecule has 0 saturated carbocycles. The molecule has 0 aliphatic rings. The highest BCUT2D eigenvalue weighted by Gasteiger charge is 2.25. The Morgan fingerprint density at radius 1 is 1.17 bits per heavy atom. The molecular formula is C17H32N5O6P. The molecular weight excluding hydrogens is 401 g/mol. The van der Waals surface area contributed by atoms with Gasteiger partial charge < -0.3 is 29.4 Å². The highest BCUT2D eigenvalue weighted by atomic mass is 31.2. The van der Waals surface area contributed by atoms with E-state index in [1.165, 1.54) is 6.33 Å². The summed E-state index contributed by atoms with van der Waals surface area (Å²) in [6.07, 6.45) is 1.42. The van der Waals surface area contributed by atoms with Crippen molar-refractivity contribution in [1.82, 2.24) is 14.9 Å². The molecule has 12 heteroatoms. The number of nitrogens with zero attached hydrogens (tertiary/aromatic N) is 3. The Hall–Kier alpha value is -1.94. The van der Waals surface area contributed by atoms with E-state index >= 15 is 0 Å². The van der Waals surface area contributed by atoms with Gasteiger partial charge in [-0.3, -0.25) is 19.1 Å². The van der Waals surface area contributed by atoms with Crippen LogP contribution >= 0.6 is 7.60 Å².